The first kappa shape index (κ1) is 32.7. The number of ether oxygens (including phenoxy) is 2. The number of H-pyrrole nitrogens is 1. The molecule has 0 aliphatic carbocycles. The van der Waals surface area contributed by atoms with Gasteiger partial charge in [-0.25, -0.2) is 9.36 Å². The van der Waals surface area contributed by atoms with Crippen LogP contribution in [0.5, 0.6) is 5.75 Å². The van der Waals surface area contributed by atoms with Gasteiger partial charge in [0.1, 0.15) is 18.6 Å². The van der Waals surface area contributed by atoms with Gasteiger partial charge in [0.05, 0.1) is 24.8 Å². The lowest BCUT2D eigenvalue weighted by Crippen LogP contribution is -2.43. The van der Waals surface area contributed by atoms with E-state index in [0.717, 1.165) is 21.6 Å². The lowest BCUT2D eigenvalue weighted by atomic mass is 9.98. The third-order valence-electron chi connectivity index (χ3n) is 7.65. The van der Waals surface area contributed by atoms with Gasteiger partial charge in [-0.2, -0.15) is 0 Å². The molecule has 240 valence electrons. The minimum atomic E-state index is -4.32. The summed E-state index contributed by atoms with van der Waals surface area (Å²) < 4.78 is 38.9. The molecule has 14 nitrogen and oxygen atoms in total. The number of carbonyl (C=O) groups excluding carboxylic acids is 1. The zero-order valence-electron chi connectivity index (χ0n) is 25.0. The Balaban J connectivity index is 1.43. The largest absolute Gasteiger partial charge is 0.461 e. The highest BCUT2D eigenvalue weighted by Gasteiger charge is 2.55. The molecule has 3 aromatic carbocycles. The van der Waals surface area contributed by atoms with Crippen LogP contribution in [0.3, 0.4) is 0 Å². The number of benzene rings is 3. The van der Waals surface area contributed by atoms with Crippen molar-refractivity contribution in [2.24, 2.45) is 17.0 Å². The van der Waals surface area contributed by atoms with E-state index in [0.29, 0.717) is 5.39 Å². The number of aliphatic hydroxyl groups excluding tert-OH is 1. The third kappa shape index (κ3) is 7.07. The van der Waals surface area contributed by atoms with Crippen molar-refractivity contribution < 1.29 is 33.0 Å². The van der Waals surface area contributed by atoms with Crippen molar-refractivity contribution >= 4 is 24.3 Å². The summed E-state index contributed by atoms with van der Waals surface area (Å²) in [5.74, 6) is -2.27. The van der Waals surface area contributed by atoms with E-state index >= 15 is 0 Å². The summed E-state index contributed by atoms with van der Waals surface area (Å²) in [7, 11) is -4.32. The Kier molecular flexibility index (Phi) is 9.76. The molecule has 2 N–H and O–H groups in total. The van der Waals surface area contributed by atoms with Crippen LogP contribution in [0.2, 0.25) is 0 Å². The van der Waals surface area contributed by atoms with Gasteiger partial charge in [-0.05, 0) is 22.5 Å². The summed E-state index contributed by atoms with van der Waals surface area (Å²) in [5.41, 5.74) is 6.58. The number of azide groups is 1. The summed E-state index contributed by atoms with van der Waals surface area (Å²) in [5, 5.41) is 16.3. The Labute approximate surface area is 262 Å². The standard InChI is InChI=1S/C31H32N5O9P/c1-20(29(39)42-17-22-9-4-3-5-10-22)18-46(41,45-25-14-8-12-23-11-6-7-13-24(23)25)43-19-31(34-35-32)27(38)21(2)28(44-31)36-16-15-26(37)33-30(36)40/h3-16,20-21,27-28,38H,17-19H2,1-2H3,(H,33,37,40)/t20-,21+,27+,28-,31-,46?/m1/s1. The SMILES string of the molecule is C[C@@H]1[C@H](n2ccc(=O)[nH]c2=O)O[C@@](COP(=O)(C[C@@H](C)C(=O)OCc2ccccc2)Oc2cccc3ccccc23)(N=[N+]=[N-])[C@H]1O. The van der Waals surface area contributed by atoms with Crippen LogP contribution in [0.15, 0.2) is 99.8 Å². The molecule has 1 fully saturated rings. The van der Waals surface area contributed by atoms with Crippen LogP contribution in [-0.4, -0.2) is 45.2 Å². The van der Waals surface area contributed by atoms with Gasteiger partial charge < -0.3 is 19.1 Å². The quantitative estimate of drug-likeness (QED) is 0.0706. The highest BCUT2D eigenvalue weighted by molar-refractivity contribution is 7.54. The molecule has 4 aromatic rings. The Hall–Kier alpha value is -4.71. The number of hydrogen-bond donors (Lipinski definition) is 2. The van der Waals surface area contributed by atoms with Crippen LogP contribution in [0.25, 0.3) is 21.2 Å². The van der Waals surface area contributed by atoms with Gasteiger partial charge in [0.15, 0.2) is 5.72 Å². The molecule has 1 aromatic heterocycles. The van der Waals surface area contributed by atoms with Gasteiger partial charge in [-0.15, -0.1) is 0 Å². The van der Waals surface area contributed by atoms with E-state index < -0.39 is 67.5 Å². The molecule has 1 saturated heterocycles. The number of fused-ring (bicyclic) bond motifs is 1. The van der Waals surface area contributed by atoms with Gasteiger partial charge in [0.25, 0.3) is 5.56 Å². The molecule has 1 aliphatic rings. The Morgan fingerprint density at radius 2 is 1.85 bits per heavy atom. The number of aromatic amines is 1. The number of nitrogens with zero attached hydrogens (tertiary/aromatic N) is 4. The maximum absolute atomic E-state index is 14.5. The maximum atomic E-state index is 14.5. The zero-order valence-corrected chi connectivity index (χ0v) is 25.9. The number of carbonyl (C=O) groups is 1. The molecule has 0 saturated carbocycles. The number of esters is 1. The highest BCUT2D eigenvalue weighted by Crippen LogP contribution is 2.53. The topological polar surface area (TPSA) is 195 Å². The van der Waals surface area contributed by atoms with E-state index in [1.807, 2.05) is 36.4 Å². The molecule has 2 heterocycles. The first-order valence-electron chi connectivity index (χ1n) is 14.4. The molecule has 0 bridgehead atoms. The van der Waals surface area contributed by atoms with Crippen molar-refractivity contribution in [1.29, 1.82) is 0 Å². The molecule has 0 amide bonds. The fraction of sp³-hybridized carbons (Fsp3) is 0.323. The van der Waals surface area contributed by atoms with Crippen LogP contribution in [0.1, 0.15) is 25.6 Å². The van der Waals surface area contributed by atoms with E-state index in [1.54, 1.807) is 43.3 Å². The van der Waals surface area contributed by atoms with Crippen molar-refractivity contribution in [3.8, 4) is 5.75 Å². The van der Waals surface area contributed by atoms with Crippen LogP contribution in [0.4, 0.5) is 0 Å². The van der Waals surface area contributed by atoms with Gasteiger partial charge in [0.2, 0.25) is 0 Å². The van der Waals surface area contributed by atoms with E-state index in [1.165, 1.54) is 13.1 Å². The lowest BCUT2D eigenvalue weighted by Gasteiger charge is -2.30. The maximum Gasteiger partial charge on any atom is 0.380 e. The molecular formula is C31H32N5O9P. The fourth-order valence-corrected chi connectivity index (χ4v) is 7.10. The second-order valence-corrected chi connectivity index (χ2v) is 13.0. The van der Waals surface area contributed by atoms with Gasteiger partial charge in [-0.3, -0.25) is 23.7 Å². The van der Waals surface area contributed by atoms with E-state index in [9.17, 15) is 29.6 Å². The summed E-state index contributed by atoms with van der Waals surface area (Å²) in [6.45, 7) is 2.28. The highest BCUT2D eigenvalue weighted by atomic mass is 31.2. The molecule has 6 atom stereocenters. The Morgan fingerprint density at radius 1 is 1.13 bits per heavy atom. The number of nitrogens with one attached hydrogen (secondary N) is 1. The normalized spacial score (nSPS) is 22.8. The molecule has 0 radical (unpaired) electrons. The van der Waals surface area contributed by atoms with Crippen LogP contribution >= 0.6 is 7.60 Å². The summed E-state index contributed by atoms with van der Waals surface area (Å²) in [4.78, 5) is 42.0. The smallest absolute Gasteiger partial charge is 0.380 e. The second-order valence-electron chi connectivity index (χ2n) is 11.0. The lowest BCUT2D eigenvalue weighted by molar-refractivity contribution is -0.148. The summed E-state index contributed by atoms with van der Waals surface area (Å²) in [6.07, 6.45) is -2.01. The predicted molar refractivity (Wildman–Crippen MR) is 167 cm³/mol. The minimum absolute atomic E-state index is 0.00276. The van der Waals surface area contributed by atoms with E-state index in [-0.39, 0.29) is 12.4 Å². The van der Waals surface area contributed by atoms with Gasteiger partial charge >= 0.3 is 19.3 Å². The molecule has 15 heteroatoms. The van der Waals surface area contributed by atoms with Gasteiger partial charge in [-0.1, -0.05) is 85.7 Å². The molecular weight excluding hydrogens is 617 g/mol. The van der Waals surface area contributed by atoms with Crippen LogP contribution in [0, 0.1) is 11.8 Å². The molecule has 5 rings (SSSR count). The Morgan fingerprint density at radius 3 is 2.59 bits per heavy atom. The number of aromatic nitrogens is 2. The number of rotatable bonds is 12. The van der Waals surface area contributed by atoms with E-state index in [2.05, 4.69) is 15.0 Å². The van der Waals surface area contributed by atoms with Crippen molar-refractivity contribution in [3.05, 3.63) is 122 Å². The minimum Gasteiger partial charge on any atom is -0.461 e. The number of hydrogen-bond acceptors (Lipinski definition) is 10. The first-order valence-corrected chi connectivity index (χ1v) is 16.1. The molecule has 0 spiro atoms. The molecule has 46 heavy (non-hydrogen) atoms. The monoisotopic (exact) mass is 649 g/mol. The van der Waals surface area contributed by atoms with Crippen molar-refractivity contribution in [1.82, 2.24) is 9.55 Å². The van der Waals surface area contributed by atoms with E-state index in [4.69, 9.17) is 18.5 Å². The molecule has 1 unspecified atom stereocenters. The second kappa shape index (κ2) is 13.7. The fourth-order valence-electron chi connectivity index (χ4n) is 5.21. The molecule has 1 aliphatic heterocycles. The average Bonchev–Trinajstić information content (AvgIpc) is 3.29. The van der Waals surface area contributed by atoms with Gasteiger partial charge in [0, 0.05) is 28.5 Å². The van der Waals surface area contributed by atoms with Crippen molar-refractivity contribution in [2.45, 2.75) is 38.5 Å². The van der Waals surface area contributed by atoms with Crippen molar-refractivity contribution in [2.75, 3.05) is 12.8 Å². The van der Waals surface area contributed by atoms with Crippen molar-refractivity contribution in [3.63, 3.8) is 0 Å². The predicted octanol–water partition coefficient (Wildman–Crippen LogP) is 4.89. The summed E-state index contributed by atoms with van der Waals surface area (Å²) >= 11 is 0. The summed E-state index contributed by atoms with van der Waals surface area (Å²) in [6, 6.07) is 22.5. The van der Waals surface area contributed by atoms with Crippen LogP contribution in [-0.2, 0) is 30.0 Å². The zero-order chi connectivity index (χ0) is 32.9. The first-order chi connectivity index (χ1) is 22.0. The third-order valence-corrected chi connectivity index (χ3v) is 9.65. The number of aliphatic hydroxyl groups is 1. The average molecular weight is 650 g/mol. The Bertz CT molecular complexity index is 1920. The van der Waals surface area contributed by atoms with Crippen LogP contribution < -0.4 is 15.8 Å².